The van der Waals surface area contributed by atoms with Gasteiger partial charge in [0.05, 0.1) is 0 Å². The van der Waals surface area contributed by atoms with Gasteiger partial charge in [-0.15, -0.1) is 6.92 Å². The van der Waals surface area contributed by atoms with E-state index >= 15 is 0 Å². The Hall–Kier alpha value is 0.774. The van der Waals surface area contributed by atoms with Crippen molar-refractivity contribution < 1.29 is 17.0 Å². The summed E-state index contributed by atoms with van der Waals surface area (Å²) >= 11 is -0.556. The van der Waals surface area contributed by atoms with E-state index in [1.165, 1.54) is 16.7 Å². The van der Waals surface area contributed by atoms with Gasteiger partial charge in [0, 0.05) is 0 Å². The van der Waals surface area contributed by atoms with E-state index in [4.69, 9.17) is 18.6 Å². The molecule has 0 N–H and O–H groups in total. The Morgan fingerprint density at radius 2 is 1.50 bits per heavy atom. The molecule has 1 rings (SSSR count). The van der Waals surface area contributed by atoms with E-state index in [2.05, 4.69) is 40.7 Å². The Labute approximate surface area is 105 Å². The van der Waals surface area contributed by atoms with Gasteiger partial charge in [0.2, 0.25) is 0 Å². The van der Waals surface area contributed by atoms with Crippen molar-refractivity contribution in [1.29, 1.82) is 0 Å². The van der Waals surface area contributed by atoms with E-state index in [9.17, 15) is 0 Å². The second-order valence-corrected chi connectivity index (χ2v) is 6.28. The topological polar surface area (TPSA) is 0 Å². The first-order chi connectivity index (χ1) is 5.86. The van der Waals surface area contributed by atoms with Gasteiger partial charge in [-0.05, 0) is 0 Å². The van der Waals surface area contributed by atoms with Crippen molar-refractivity contribution >= 4 is 18.6 Å². The average Bonchev–Trinajstić information content (AvgIpc) is 2.16. The maximum atomic E-state index is 4.89. The van der Waals surface area contributed by atoms with Crippen LogP contribution in [0.2, 0.25) is 0 Å². The summed E-state index contributed by atoms with van der Waals surface area (Å²) in [6, 6.07) is 0. The third-order valence-corrected chi connectivity index (χ3v) is 2.56. The van der Waals surface area contributed by atoms with Crippen LogP contribution in [0.5, 0.6) is 0 Å². The molecule has 0 saturated heterocycles. The van der Waals surface area contributed by atoms with Crippen LogP contribution in [0.15, 0.2) is 16.7 Å². The summed E-state index contributed by atoms with van der Waals surface area (Å²) in [5.74, 6) is 0. The fourth-order valence-electron chi connectivity index (χ4n) is 1.41. The number of halogens is 2. The van der Waals surface area contributed by atoms with Crippen LogP contribution in [0.3, 0.4) is 0 Å². The van der Waals surface area contributed by atoms with E-state index in [-0.39, 0.29) is 12.8 Å². The monoisotopic (exact) mass is 268 g/mol. The molecule has 0 unspecified atom stereocenters. The van der Waals surface area contributed by atoms with Crippen LogP contribution in [0.4, 0.5) is 0 Å². The standard InChI is InChI=1S/C10H15.CH3.2ClH.Ti/c1-7-6-10(4,5)9(3)8(7)2;;;;/h1-5H3;1H3;2*1H;/q2*-1;;;+2/p-2. The van der Waals surface area contributed by atoms with Crippen molar-refractivity contribution in [3.63, 3.8) is 0 Å². The molecule has 0 amide bonds. The molecular formula is C11H18Cl2Ti-2. The molecule has 3 heteroatoms. The molecule has 0 bridgehead atoms. The third-order valence-electron chi connectivity index (χ3n) is 2.56. The van der Waals surface area contributed by atoms with Crippen LogP contribution in [-0.4, -0.2) is 0 Å². The SMILES string of the molecule is CC1=[C-]C(C)(C)C(C)=C1C.[CH3-].[Cl][Ti][Cl]. The summed E-state index contributed by atoms with van der Waals surface area (Å²) in [5.41, 5.74) is 4.39. The second kappa shape index (κ2) is 7.11. The molecule has 82 valence electrons. The second-order valence-electron chi connectivity index (χ2n) is 3.70. The van der Waals surface area contributed by atoms with E-state index in [1.807, 2.05) is 0 Å². The van der Waals surface area contributed by atoms with Crippen LogP contribution in [0.1, 0.15) is 34.6 Å². The zero-order valence-corrected chi connectivity index (χ0v) is 12.8. The first-order valence-electron chi connectivity index (χ1n) is 4.13. The minimum atomic E-state index is -0.556. The molecule has 0 radical (unpaired) electrons. The normalized spacial score (nSPS) is 17.8. The molecule has 0 saturated carbocycles. The molecule has 14 heavy (non-hydrogen) atoms. The van der Waals surface area contributed by atoms with Gasteiger partial charge in [-0.1, -0.05) is 33.1 Å². The van der Waals surface area contributed by atoms with Crippen molar-refractivity contribution in [2.24, 2.45) is 5.41 Å². The van der Waals surface area contributed by atoms with Gasteiger partial charge in [0.25, 0.3) is 0 Å². The fraction of sp³-hybridized carbons (Fsp3) is 0.545. The van der Waals surface area contributed by atoms with Gasteiger partial charge < -0.3 is 7.43 Å². The van der Waals surface area contributed by atoms with Crippen LogP contribution in [-0.2, 0) is 17.0 Å². The Morgan fingerprint density at radius 1 is 1.14 bits per heavy atom. The summed E-state index contributed by atoms with van der Waals surface area (Å²) in [4.78, 5) is 0. The van der Waals surface area contributed by atoms with Crippen molar-refractivity contribution in [3.05, 3.63) is 30.2 Å². The van der Waals surface area contributed by atoms with Crippen molar-refractivity contribution in [3.8, 4) is 0 Å². The van der Waals surface area contributed by atoms with Gasteiger partial charge in [-0.25, -0.2) is 5.57 Å². The van der Waals surface area contributed by atoms with Crippen LogP contribution < -0.4 is 0 Å². The molecule has 0 spiro atoms. The molecule has 0 aromatic carbocycles. The van der Waals surface area contributed by atoms with Crippen molar-refractivity contribution in [2.75, 3.05) is 0 Å². The first kappa shape index (κ1) is 17.2. The quantitative estimate of drug-likeness (QED) is 0.431. The summed E-state index contributed by atoms with van der Waals surface area (Å²) < 4.78 is 0. The molecule has 0 fully saturated rings. The van der Waals surface area contributed by atoms with Crippen LogP contribution >= 0.6 is 18.6 Å². The predicted octanol–water partition coefficient (Wildman–Crippen LogP) is 4.94. The molecule has 0 aromatic heterocycles. The summed E-state index contributed by atoms with van der Waals surface area (Å²) in [6.45, 7) is 10.9. The molecule has 0 aromatic rings. The number of hydrogen-bond donors (Lipinski definition) is 0. The summed E-state index contributed by atoms with van der Waals surface area (Å²) in [6.07, 6.45) is 3.44. The van der Waals surface area contributed by atoms with E-state index in [1.54, 1.807) is 0 Å². The Balaban J connectivity index is 0. The average molecular weight is 269 g/mol. The Morgan fingerprint density at radius 3 is 1.57 bits per heavy atom. The first-order valence-corrected chi connectivity index (χ1v) is 8.43. The maximum absolute atomic E-state index is 4.89. The molecule has 1 aliphatic rings. The van der Waals surface area contributed by atoms with Gasteiger partial charge in [0.15, 0.2) is 0 Å². The van der Waals surface area contributed by atoms with Gasteiger partial charge in [0.1, 0.15) is 0 Å². The van der Waals surface area contributed by atoms with E-state index < -0.39 is 17.0 Å². The summed E-state index contributed by atoms with van der Waals surface area (Å²) in [5, 5.41) is 0. The molecular weight excluding hydrogens is 251 g/mol. The zero-order chi connectivity index (χ0) is 10.6. The fourth-order valence-corrected chi connectivity index (χ4v) is 1.41. The Bertz CT molecular complexity index is 240. The molecule has 0 heterocycles. The zero-order valence-electron chi connectivity index (χ0n) is 9.76. The number of allylic oxidation sites excluding steroid dienone is 4. The van der Waals surface area contributed by atoms with Crippen molar-refractivity contribution in [1.82, 2.24) is 0 Å². The van der Waals surface area contributed by atoms with Crippen molar-refractivity contribution in [2.45, 2.75) is 34.6 Å². The van der Waals surface area contributed by atoms with Gasteiger partial charge in [-0.3, -0.25) is 6.08 Å². The van der Waals surface area contributed by atoms with E-state index in [0.29, 0.717) is 0 Å². The number of hydrogen-bond acceptors (Lipinski definition) is 0. The van der Waals surface area contributed by atoms with E-state index in [0.717, 1.165) is 0 Å². The molecule has 0 atom stereocenters. The van der Waals surface area contributed by atoms with Gasteiger partial charge >= 0.3 is 35.6 Å². The molecule has 1 aliphatic carbocycles. The molecule has 0 aliphatic heterocycles. The third kappa shape index (κ3) is 4.53. The Kier molecular flexibility index (Phi) is 8.73. The van der Waals surface area contributed by atoms with Crippen LogP contribution in [0, 0.1) is 18.9 Å². The summed E-state index contributed by atoms with van der Waals surface area (Å²) in [7, 11) is 9.78. The molecule has 0 nitrogen and oxygen atoms in total. The predicted molar refractivity (Wildman–Crippen MR) is 62.7 cm³/mol. The van der Waals surface area contributed by atoms with Crippen LogP contribution in [0.25, 0.3) is 0 Å². The number of rotatable bonds is 0. The van der Waals surface area contributed by atoms with Gasteiger partial charge in [-0.2, -0.15) is 11.1 Å². The minimum absolute atomic E-state index is 0.